The van der Waals surface area contributed by atoms with Gasteiger partial charge in [0, 0.05) is 19.1 Å². The van der Waals surface area contributed by atoms with Gasteiger partial charge in [-0.2, -0.15) is 0 Å². The van der Waals surface area contributed by atoms with Gasteiger partial charge in [0.1, 0.15) is 11.6 Å². The van der Waals surface area contributed by atoms with E-state index in [1.54, 1.807) is 24.1 Å². The first-order valence-corrected chi connectivity index (χ1v) is 8.09. The molecule has 2 aromatic rings. The molecule has 4 nitrogen and oxygen atoms in total. The van der Waals surface area contributed by atoms with E-state index in [-0.39, 0.29) is 17.5 Å². The van der Waals surface area contributed by atoms with Gasteiger partial charge in [-0.05, 0) is 48.2 Å². The van der Waals surface area contributed by atoms with E-state index in [1.165, 1.54) is 6.07 Å². The van der Waals surface area contributed by atoms with Crippen LogP contribution < -0.4 is 10.5 Å². The summed E-state index contributed by atoms with van der Waals surface area (Å²) < 4.78 is 19.6. The molecule has 2 aromatic carbocycles. The molecule has 126 valence electrons. The van der Waals surface area contributed by atoms with Crippen LogP contribution in [0.2, 0.25) is 0 Å². The molecule has 1 saturated heterocycles. The molecule has 0 saturated carbocycles. The third-order valence-corrected chi connectivity index (χ3v) is 4.53. The summed E-state index contributed by atoms with van der Waals surface area (Å²) in [5, 5.41) is 0. The molecule has 1 heterocycles. The van der Waals surface area contributed by atoms with Gasteiger partial charge in [0.05, 0.1) is 12.7 Å². The average molecular weight is 328 g/mol. The summed E-state index contributed by atoms with van der Waals surface area (Å²) in [7, 11) is 1.60. The second-order valence-corrected chi connectivity index (χ2v) is 5.95. The van der Waals surface area contributed by atoms with E-state index in [0.717, 1.165) is 29.7 Å². The number of halogens is 1. The highest BCUT2D eigenvalue weighted by atomic mass is 19.1. The molecule has 3 rings (SSSR count). The Bertz CT molecular complexity index is 731. The van der Waals surface area contributed by atoms with Crippen LogP contribution in [0.25, 0.3) is 11.1 Å². The minimum absolute atomic E-state index is 0.0122. The number of nitrogens with zero attached hydrogens (tertiary/aromatic N) is 1. The Hall–Kier alpha value is -2.40. The Morgan fingerprint density at radius 2 is 1.96 bits per heavy atom. The van der Waals surface area contributed by atoms with Crippen LogP contribution in [0.1, 0.15) is 23.2 Å². The zero-order valence-corrected chi connectivity index (χ0v) is 13.7. The molecule has 2 N–H and O–H groups in total. The molecule has 1 unspecified atom stereocenters. The summed E-state index contributed by atoms with van der Waals surface area (Å²) in [4.78, 5) is 14.3. The van der Waals surface area contributed by atoms with Crippen molar-refractivity contribution in [1.82, 2.24) is 4.90 Å². The first-order valence-electron chi connectivity index (χ1n) is 8.09. The Balaban J connectivity index is 1.85. The lowest BCUT2D eigenvalue weighted by Crippen LogP contribution is -2.40. The van der Waals surface area contributed by atoms with Gasteiger partial charge < -0.3 is 15.4 Å². The van der Waals surface area contributed by atoms with Crippen molar-refractivity contribution in [2.75, 3.05) is 20.2 Å². The minimum atomic E-state index is -0.504. The van der Waals surface area contributed by atoms with Crippen LogP contribution in [0.15, 0.2) is 42.5 Å². The van der Waals surface area contributed by atoms with Crippen molar-refractivity contribution in [3.63, 3.8) is 0 Å². The second-order valence-electron chi connectivity index (χ2n) is 5.95. The van der Waals surface area contributed by atoms with E-state index >= 15 is 0 Å². The maximum absolute atomic E-state index is 14.5. The lowest BCUT2D eigenvalue weighted by molar-refractivity contribution is 0.0736. The van der Waals surface area contributed by atoms with Crippen molar-refractivity contribution in [2.45, 2.75) is 18.9 Å². The molecule has 1 fully saturated rings. The van der Waals surface area contributed by atoms with Gasteiger partial charge in [0.15, 0.2) is 0 Å². The summed E-state index contributed by atoms with van der Waals surface area (Å²) in [6, 6.07) is 12.1. The van der Waals surface area contributed by atoms with Crippen LogP contribution in [0, 0.1) is 5.82 Å². The maximum atomic E-state index is 14.5. The molecular weight excluding hydrogens is 307 g/mol. The smallest absolute Gasteiger partial charge is 0.257 e. The average Bonchev–Trinajstić information content (AvgIpc) is 3.10. The molecule has 0 spiro atoms. The van der Waals surface area contributed by atoms with Crippen LogP contribution in [0.3, 0.4) is 0 Å². The monoisotopic (exact) mass is 328 g/mol. The van der Waals surface area contributed by atoms with Gasteiger partial charge in [-0.15, -0.1) is 0 Å². The topological polar surface area (TPSA) is 55.6 Å². The standard InChI is InChI=1S/C19H21FN2O2/c1-24-16-7-4-13(5-8-16)14-6-9-17(18(20)11-14)19(23)22-10-2-3-15(22)12-21/h4-9,11,15H,2-3,10,12,21H2,1H3. The van der Waals surface area contributed by atoms with Gasteiger partial charge in [-0.25, -0.2) is 4.39 Å². The fourth-order valence-electron chi connectivity index (χ4n) is 3.15. The van der Waals surface area contributed by atoms with Crippen molar-refractivity contribution in [3.05, 3.63) is 53.8 Å². The number of rotatable bonds is 4. The first-order chi connectivity index (χ1) is 11.6. The van der Waals surface area contributed by atoms with E-state index in [0.29, 0.717) is 13.1 Å². The molecule has 0 bridgehead atoms. The van der Waals surface area contributed by atoms with Crippen molar-refractivity contribution >= 4 is 5.91 Å². The summed E-state index contributed by atoms with van der Waals surface area (Å²) in [6.07, 6.45) is 1.80. The van der Waals surface area contributed by atoms with Gasteiger partial charge in [-0.3, -0.25) is 4.79 Å². The van der Waals surface area contributed by atoms with E-state index < -0.39 is 5.82 Å². The highest BCUT2D eigenvalue weighted by molar-refractivity contribution is 5.95. The summed E-state index contributed by atoms with van der Waals surface area (Å²) >= 11 is 0. The minimum Gasteiger partial charge on any atom is -0.497 e. The number of hydrogen-bond donors (Lipinski definition) is 1. The third-order valence-electron chi connectivity index (χ3n) is 4.53. The molecule has 0 aromatic heterocycles. The summed E-state index contributed by atoms with van der Waals surface area (Å²) in [5.41, 5.74) is 7.40. The Kier molecular flexibility index (Phi) is 4.81. The quantitative estimate of drug-likeness (QED) is 0.938. The number of amides is 1. The highest BCUT2D eigenvalue weighted by Gasteiger charge is 2.29. The molecule has 1 amide bonds. The van der Waals surface area contributed by atoms with E-state index in [9.17, 15) is 9.18 Å². The number of nitrogens with two attached hydrogens (primary N) is 1. The number of ether oxygens (including phenoxy) is 1. The normalized spacial score (nSPS) is 17.1. The Morgan fingerprint density at radius 3 is 2.58 bits per heavy atom. The number of methoxy groups -OCH3 is 1. The van der Waals surface area contributed by atoms with Crippen molar-refractivity contribution in [3.8, 4) is 16.9 Å². The van der Waals surface area contributed by atoms with E-state index in [2.05, 4.69) is 0 Å². The second kappa shape index (κ2) is 7.01. The molecule has 0 radical (unpaired) electrons. The predicted molar refractivity (Wildman–Crippen MR) is 91.5 cm³/mol. The van der Waals surface area contributed by atoms with E-state index in [4.69, 9.17) is 10.5 Å². The summed E-state index contributed by atoms with van der Waals surface area (Å²) in [5.74, 6) is -0.0365. The number of benzene rings is 2. The third kappa shape index (κ3) is 3.12. The molecular formula is C19H21FN2O2. The van der Waals surface area contributed by atoms with E-state index in [1.807, 2.05) is 24.3 Å². The van der Waals surface area contributed by atoms with Crippen LogP contribution in [0.4, 0.5) is 4.39 Å². The fourth-order valence-corrected chi connectivity index (χ4v) is 3.15. The number of hydrogen-bond acceptors (Lipinski definition) is 3. The van der Waals surface area contributed by atoms with Crippen molar-refractivity contribution in [2.24, 2.45) is 5.73 Å². The lowest BCUT2D eigenvalue weighted by Gasteiger charge is -2.23. The molecule has 1 aliphatic heterocycles. The number of likely N-dealkylation sites (tertiary alicyclic amines) is 1. The van der Waals surface area contributed by atoms with Gasteiger partial charge >= 0.3 is 0 Å². The lowest BCUT2D eigenvalue weighted by atomic mass is 10.0. The Labute approximate surface area is 141 Å². The molecule has 5 heteroatoms. The van der Waals surface area contributed by atoms with Crippen LogP contribution >= 0.6 is 0 Å². The molecule has 24 heavy (non-hydrogen) atoms. The highest BCUT2D eigenvalue weighted by Crippen LogP contribution is 2.26. The number of carbonyl (C=O) groups is 1. The van der Waals surface area contributed by atoms with Gasteiger partial charge in [0.2, 0.25) is 0 Å². The van der Waals surface area contributed by atoms with Crippen molar-refractivity contribution in [1.29, 1.82) is 0 Å². The largest absolute Gasteiger partial charge is 0.497 e. The van der Waals surface area contributed by atoms with Crippen LogP contribution in [0.5, 0.6) is 5.75 Å². The zero-order chi connectivity index (χ0) is 17.1. The van der Waals surface area contributed by atoms with Gasteiger partial charge in [-0.1, -0.05) is 18.2 Å². The van der Waals surface area contributed by atoms with Crippen LogP contribution in [-0.4, -0.2) is 37.0 Å². The number of carbonyl (C=O) groups excluding carboxylic acids is 1. The molecule has 1 aliphatic rings. The summed E-state index contributed by atoms with van der Waals surface area (Å²) in [6.45, 7) is 1.05. The van der Waals surface area contributed by atoms with Crippen molar-refractivity contribution < 1.29 is 13.9 Å². The molecule has 1 atom stereocenters. The fraction of sp³-hybridized carbons (Fsp3) is 0.316. The first kappa shape index (κ1) is 16.5. The predicted octanol–water partition coefficient (Wildman–Crippen LogP) is 3.06. The SMILES string of the molecule is COc1ccc(-c2ccc(C(=O)N3CCCC3CN)c(F)c2)cc1. The molecule has 0 aliphatic carbocycles. The van der Waals surface area contributed by atoms with Gasteiger partial charge in [0.25, 0.3) is 5.91 Å². The Morgan fingerprint density at radius 1 is 1.25 bits per heavy atom. The van der Waals surface area contributed by atoms with Crippen LogP contribution in [-0.2, 0) is 0 Å². The maximum Gasteiger partial charge on any atom is 0.257 e. The zero-order valence-electron chi connectivity index (χ0n) is 13.7.